The summed E-state index contributed by atoms with van der Waals surface area (Å²) < 4.78 is 21.9. The van der Waals surface area contributed by atoms with Crippen molar-refractivity contribution in [3.8, 4) is 0 Å². The van der Waals surface area contributed by atoms with Gasteiger partial charge in [0.2, 0.25) is 0 Å². The second-order valence-electron chi connectivity index (χ2n) is 4.49. The van der Waals surface area contributed by atoms with Crippen molar-refractivity contribution in [2.45, 2.75) is 6.42 Å². The van der Waals surface area contributed by atoms with E-state index in [1.165, 1.54) is 6.26 Å². The predicted molar refractivity (Wildman–Crippen MR) is 75.0 cm³/mol. The molecule has 0 atom stereocenters. The number of benzene rings is 1. The van der Waals surface area contributed by atoms with Crippen LogP contribution in [0.4, 0.5) is 0 Å². The van der Waals surface area contributed by atoms with Crippen molar-refractivity contribution < 1.29 is 13.2 Å². The standard InChI is InChI=1S/C13H16N2O3S/c1-19(17,18)8-4-7-14-13(16)11-9-15-12-6-3-2-5-10(11)12/h2-3,5-6,9,15H,4,7-8H2,1H3,(H,14,16). The molecule has 1 amide bonds. The van der Waals surface area contributed by atoms with E-state index in [-0.39, 0.29) is 11.7 Å². The van der Waals surface area contributed by atoms with Crippen molar-refractivity contribution >= 4 is 26.6 Å². The second kappa shape index (κ2) is 5.44. The zero-order valence-corrected chi connectivity index (χ0v) is 11.5. The van der Waals surface area contributed by atoms with Crippen LogP contribution in [-0.2, 0) is 9.84 Å². The van der Waals surface area contributed by atoms with E-state index in [0.717, 1.165) is 10.9 Å². The Hall–Kier alpha value is -1.82. The topological polar surface area (TPSA) is 79.0 Å². The average molecular weight is 280 g/mol. The van der Waals surface area contributed by atoms with Gasteiger partial charge in [-0.25, -0.2) is 8.42 Å². The number of para-hydroxylation sites is 1. The number of sulfone groups is 1. The number of aromatic nitrogens is 1. The van der Waals surface area contributed by atoms with Crippen molar-refractivity contribution in [2.75, 3.05) is 18.6 Å². The Kier molecular flexibility index (Phi) is 3.90. The molecule has 2 rings (SSSR count). The van der Waals surface area contributed by atoms with Crippen LogP contribution in [0, 0.1) is 0 Å². The highest BCUT2D eigenvalue weighted by atomic mass is 32.2. The smallest absolute Gasteiger partial charge is 0.253 e. The van der Waals surface area contributed by atoms with Gasteiger partial charge in [0.05, 0.1) is 11.3 Å². The zero-order valence-electron chi connectivity index (χ0n) is 10.6. The molecule has 1 aromatic heterocycles. The van der Waals surface area contributed by atoms with Gasteiger partial charge in [0.15, 0.2) is 0 Å². The van der Waals surface area contributed by atoms with Crippen molar-refractivity contribution in [1.29, 1.82) is 0 Å². The fourth-order valence-corrected chi connectivity index (χ4v) is 2.56. The van der Waals surface area contributed by atoms with Crippen LogP contribution in [0.2, 0.25) is 0 Å². The van der Waals surface area contributed by atoms with Crippen molar-refractivity contribution in [1.82, 2.24) is 10.3 Å². The first-order valence-corrected chi connectivity index (χ1v) is 8.05. The van der Waals surface area contributed by atoms with Crippen LogP contribution in [0.3, 0.4) is 0 Å². The highest BCUT2D eigenvalue weighted by Crippen LogP contribution is 2.17. The van der Waals surface area contributed by atoms with E-state index < -0.39 is 9.84 Å². The summed E-state index contributed by atoms with van der Waals surface area (Å²) in [6, 6.07) is 7.54. The van der Waals surface area contributed by atoms with E-state index in [9.17, 15) is 13.2 Å². The maximum absolute atomic E-state index is 12.0. The van der Waals surface area contributed by atoms with Gasteiger partial charge in [0.1, 0.15) is 9.84 Å². The van der Waals surface area contributed by atoms with Crippen LogP contribution in [0.15, 0.2) is 30.5 Å². The van der Waals surface area contributed by atoms with E-state index in [4.69, 9.17) is 0 Å². The monoisotopic (exact) mass is 280 g/mol. The molecule has 19 heavy (non-hydrogen) atoms. The van der Waals surface area contributed by atoms with Gasteiger partial charge in [-0.15, -0.1) is 0 Å². The molecule has 0 aliphatic carbocycles. The number of carbonyl (C=O) groups excluding carboxylic acids is 1. The third-order valence-electron chi connectivity index (χ3n) is 2.81. The number of H-pyrrole nitrogens is 1. The lowest BCUT2D eigenvalue weighted by Crippen LogP contribution is -2.25. The summed E-state index contributed by atoms with van der Waals surface area (Å²) in [4.78, 5) is 15.0. The highest BCUT2D eigenvalue weighted by molar-refractivity contribution is 7.90. The molecule has 0 spiro atoms. The SMILES string of the molecule is CS(=O)(=O)CCCNC(=O)c1c[nH]c2ccccc12. The second-order valence-corrected chi connectivity index (χ2v) is 6.75. The Morgan fingerprint density at radius 2 is 2.05 bits per heavy atom. The molecule has 5 nitrogen and oxygen atoms in total. The normalized spacial score (nSPS) is 11.6. The molecule has 0 unspecified atom stereocenters. The molecule has 0 fully saturated rings. The lowest BCUT2D eigenvalue weighted by Gasteiger charge is -2.03. The van der Waals surface area contributed by atoms with Gasteiger partial charge in [-0.3, -0.25) is 4.79 Å². The molecule has 0 radical (unpaired) electrons. The molecule has 6 heteroatoms. The lowest BCUT2D eigenvalue weighted by atomic mass is 10.1. The molecule has 0 aliphatic rings. The van der Waals surface area contributed by atoms with Gasteiger partial charge >= 0.3 is 0 Å². The Labute approximate surface area is 111 Å². The minimum atomic E-state index is -2.97. The average Bonchev–Trinajstić information content (AvgIpc) is 2.77. The van der Waals surface area contributed by atoms with Gasteiger partial charge in [0, 0.05) is 29.9 Å². The summed E-state index contributed by atoms with van der Waals surface area (Å²) >= 11 is 0. The molecule has 2 aromatic rings. The van der Waals surface area contributed by atoms with Crippen molar-refractivity contribution in [2.24, 2.45) is 0 Å². The quantitative estimate of drug-likeness (QED) is 0.811. The largest absolute Gasteiger partial charge is 0.360 e. The number of nitrogens with one attached hydrogen (secondary N) is 2. The van der Waals surface area contributed by atoms with E-state index >= 15 is 0 Å². The van der Waals surface area contributed by atoms with Crippen LogP contribution in [0.25, 0.3) is 10.9 Å². The Morgan fingerprint density at radius 3 is 2.79 bits per heavy atom. The van der Waals surface area contributed by atoms with Crippen molar-refractivity contribution in [3.05, 3.63) is 36.0 Å². The molecule has 0 saturated heterocycles. The number of carbonyl (C=O) groups is 1. The van der Waals surface area contributed by atoms with Gasteiger partial charge in [-0.2, -0.15) is 0 Å². The van der Waals surface area contributed by atoms with E-state index in [2.05, 4.69) is 10.3 Å². The fourth-order valence-electron chi connectivity index (χ4n) is 1.89. The van der Waals surface area contributed by atoms with Crippen LogP contribution in [0.1, 0.15) is 16.8 Å². The van der Waals surface area contributed by atoms with E-state index in [1.807, 2.05) is 24.3 Å². The van der Waals surface area contributed by atoms with Crippen LogP contribution in [0.5, 0.6) is 0 Å². The van der Waals surface area contributed by atoms with E-state index in [0.29, 0.717) is 18.5 Å². The number of amides is 1. The number of rotatable bonds is 5. The highest BCUT2D eigenvalue weighted by Gasteiger charge is 2.11. The van der Waals surface area contributed by atoms with Gasteiger partial charge in [-0.1, -0.05) is 18.2 Å². The summed E-state index contributed by atoms with van der Waals surface area (Å²) in [5.41, 5.74) is 1.48. The predicted octanol–water partition coefficient (Wildman–Crippen LogP) is 1.33. The first kappa shape index (κ1) is 13.6. The number of aromatic amines is 1. The molecule has 0 bridgehead atoms. The summed E-state index contributed by atoms with van der Waals surface area (Å²) in [5.74, 6) is -0.104. The minimum Gasteiger partial charge on any atom is -0.360 e. The Morgan fingerprint density at radius 1 is 1.32 bits per heavy atom. The Bertz CT molecular complexity index is 689. The number of hydrogen-bond acceptors (Lipinski definition) is 3. The summed E-state index contributed by atoms with van der Waals surface area (Å²) in [7, 11) is -2.97. The van der Waals surface area contributed by atoms with Gasteiger partial charge in [-0.05, 0) is 12.5 Å². The number of fused-ring (bicyclic) bond motifs is 1. The van der Waals surface area contributed by atoms with E-state index in [1.54, 1.807) is 6.20 Å². The molecule has 2 N–H and O–H groups in total. The third kappa shape index (κ3) is 3.57. The Balaban J connectivity index is 1.97. The first-order chi connectivity index (χ1) is 8.97. The third-order valence-corrected chi connectivity index (χ3v) is 3.84. The summed E-state index contributed by atoms with van der Waals surface area (Å²) in [6.45, 7) is 0.353. The van der Waals surface area contributed by atoms with Gasteiger partial charge < -0.3 is 10.3 Å². The molecule has 102 valence electrons. The molecular formula is C13H16N2O3S. The minimum absolute atomic E-state index is 0.0845. The van der Waals surface area contributed by atoms with Crippen molar-refractivity contribution in [3.63, 3.8) is 0 Å². The fraction of sp³-hybridized carbons (Fsp3) is 0.308. The lowest BCUT2D eigenvalue weighted by molar-refractivity contribution is 0.0955. The molecule has 0 aliphatic heterocycles. The molecule has 1 heterocycles. The number of hydrogen-bond donors (Lipinski definition) is 2. The molecule has 1 aromatic carbocycles. The zero-order chi connectivity index (χ0) is 13.9. The van der Waals surface area contributed by atoms with Gasteiger partial charge in [0.25, 0.3) is 5.91 Å². The van der Waals surface area contributed by atoms with Crippen LogP contribution < -0.4 is 5.32 Å². The summed E-state index contributed by atoms with van der Waals surface area (Å²) in [5, 5.41) is 3.59. The van der Waals surface area contributed by atoms with Crippen LogP contribution in [-0.4, -0.2) is 37.9 Å². The molecule has 0 saturated carbocycles. The maximum Gasteiger partial charge on any atom is 0.253 e. The molecular weight excluding hydrogens is 264 g/mol. The maximum atomic E-state index is 12.0. The first-order valence-electron chi connectivity index (χ1n) is 5.99. The van der Waals surface area contributed by atoms with Crippen LogP contribution >= 0.6 is 0 Å². The summed E-state index contributed by atoms with van der Waals surface area (Å²) in [6.07, 6.45) is 3.28.